The Kier molecular flexibility index (Phi) is 2.08. The zero-order valence-electron chi connectivity index (χ0n) is 5.81. The highest BCUT2D eigenvalue weighted by Gasteiger charge is 2.45. The van der Waals surface area contributed by atoms with Crippen molar-refractivity contribution in [3.05, 3.63) is 0 Å². The van der Waals surface area contributed by atoms with Crippen LogP contribution < -0.4 is 5.32 Å². The molecule has 0 spiro atoms. The van der Waals surface area contributed by atoms with Gasteiger partial charge in [-0.3, -0.25) is 10.1 Å². The molecule has 1 aliphatic heterocycles. The summed E-state index contributed by atoms with van der Waals surface area (Å²) >= 11 is 0. The van der Waals surface area contributed by atoms with Gasteiger partial charge in [0, 0.05) is 6.42 Å². The van der Waals surface area contributed by atoms with Crippen LogP contribution in [0, 0.1) is 0 Å². The second kappa shape index (κ2) is 2.73. The number of carboxylic acid groups (broad SMARTS) is 1. The maximum atomic E-state index is 12.7. The van der Waals surface area contributed by atoms with E-state index in [-0.39, 0.29) is 6.42 Å². The number of aliphatic carboxylic acids is 1. The van der Waals surface area contributed by atoms with Gasteiger partial charge in [0.15, 0.2) is 6.04 Å². The zero-order valence-corrected chi connectivity index (χ0v) is 5.81. The predicted octanol–water partition coefficient (Wildman–Crippen LogP) is 0.458. The summed E-state index contributed by atoms with van der Waals surface area (Å²) in [7, 11) is 0. The Hall–Kier alpha value is -0.710. The Labute approximate surface area is 62.4 Å². The lowest BCUT2D eigenvalue weighted by molar-refractivity contribution is -0.153. The van der Waals surface area contributed by atoms with Gasteiger partial charge in [-0.05, 0) is 13.0 Å². The number of piperidine rings is 1. The number of hydrogen-bond acceptors (Lipinski definition) is 2. The van der Waals surface area contributed by atoms with Crippen LogP contribution in [0.4, 0.5) is 8.78 Å². The van der Waals surface area contributed by atoms with Gasteiger partial charge in [-0.15, -0.1) is 0 Å². The van der Waals surface area contributed by atoms with E-state index >= 15 is 0 Å². The van der Waals surface area contributed by atoms with Crippen LogP contribution >= 0.6 is 0 Å². The molecule has 64 valence electrons. The van der Waals surface area contributed by atoms with E-state index < -0.39 is 17.9 Å². The summed E-state index contributed by atoms with van der Waals surface area (Å²) in [4.78, 5) is 10.2. The lowest BCUT2D eigenvalue weighted by Crippen LogP contribution is -2.54. The van der Waals surface area contributed by atoms with Crippen molar-refractivity contribution in [3.63, 3.8) is 0 Å². The number of carboxylic acids is 1. The molecule has 0 amide bonds. The molecule has 0 aromatic heterocycles. The summed E-state index contributed by atoms with van der Waals surface area (Å²) in [6, 6.07) is -1.70. The van der Waals surface area contributed by atoms with Crippen molar-refractivity contribution < 1.29 is 18.7 Å². The second-order valence-electron chi connectivity index (χ2n) is 2.59. The lowest BCUT2D eigenvalue weighted by Gasteiger charge is -2.28. The number of halogens is 2. The molecule has 0 saturated carbocycles. The number of carbonyl (C=O) groups is 1. The normalized spacial score (nSPS) is 29.8. The molecule has 11 heavy (non-hydrogen) atoms. The third-order valence-electron chi connectivity index (χ3n) is 1.70. The molecule has 0 aromatic rings. The van der Waals surface area contributed by atoms with Crippen molar-refractivity contribution in [1.29, 1.82) is 0 Å². The molecule has 1 aliphatic rings. The first kappa shape index (κ1) is 8.39. The average Bonchev–Trinajstić information content (AvgIpc) is 1.85. The van der Waals surface area contributed by atoms with Gasteiger partial charge in [-0.1, -0.05) is 0 Å². The quantitative estimate of drug-likeness (QED) is 0.593. The Morgan fingerprint density at radius 1 is 1.64 bits per heavy atom. The van der Waals surface area contributed by atoms with E-state index in [4.69, 9.17) is 5.11 Å². The molecule has 1 heterocycles. The van der Waals surface area contributed by atoms with E-state index in [2.05, 4.69) is 5.32 Å². The highest BCUT2D eigenvalue weighted by Crippen LogP contribution is 2.27. The van der Waals surface area contributed by atoms with Crippen LogP contribution in [0.25, 0.3) is 0 Å². The monoisotopic (exact) mass is 165 g/mol. The first-order valence-electron chi connectivity index (χ1n) is 3.38. The van der Waals surface area contributed by atoms with Crippen LogP contribution in [0.15, 0.2) is 0 Å². The van der Waals surface area contributed by atoms with Crippen molar-refractivity contribution in [2.75, 3.05) is 6.54 Å². The molecule has 3 nitrogen and oxygen atoms in total. The smallest absolute Gasteiger partial charge is 0.326 e. The summed E-state index contributed by atoms with van der Waals surface area (Å²) < 4.78 is 25.4. The van der Waals surface area contributed by atoms with Gasteiger partial charge in [-0.25, -0.2) is 8.78 Å². The third-order valence-corrected chi connectivity index (χ3v) is 1.70. The van der Waals surface area contributed by atoms with Gasteiger partial charge < -0.3 is 5.11 Å². The van der Waals surface area contributed by atoms with Crippen LogP contribution in [0.1, 0.15) is 12.8 Å². The number of alkyl halides is 2. The van der Waals surface area contributed by atoms with E-state index in [9.17, 15) is 13.6 Å². The van der Waals surface area contributed by atoms with Gasteiger partial charge in [0.25, 0.3) is 5.92 Å². The average molecular weight is 165 g/mol. The summed E-state index contributed by atoms with van der Waals surface area (Å²) in [6.45, 7) is 0.354. The van der Waals surface area contributed by atoms with Crippen LogP contribution in [-0.2, 0) is 4.79 Å². The molecular formula is C6H9F2NO2. The first-order chi connectivity index (χ1) is 5.04. The van der Waals surface area contributed by atoms with E-state index in [0.29, 0.717) is 13.0 Å². The van der Waals surface area contributed by atoms with Crippen molar-refractivity contribution in [2.24, 2.45) is 0 Å². The molecule has 2 N–H and O–H groups in total. The summed E-state index contributed by atoms with van der Waals surface area (Å²) in [5.74, 6) is -4.57. The van der Waals surface area contributed by atoms with Crippen LogP contribution in [-0.4, -0.2) is 29.6 Å². The highest BCUT2D eigenvalue weighted by atomic mass is 19.3. The minimum absolute atomic E-state index is 0.330. The fourth-order valence-corrected chi connectivity index (χ4v) is 1.13. The summed E-state index contributed by atoms with van der Waals surface area (Å²) in [6.07, 6.45) is -0.00620. The minimum atomic E-state index is -3.09. The standard InChI is InChI=1S/C6H9F2NO2/c7-6(8)2-1-3-9-4(6)5(10)11/h4,9H,1-3H2,(H,10,11)/t4-/m1/s1. The van der Waals surface area contributed by atoms with Gasteiger partial charge in [0.1, 0.15) is 0 Å². The molecule has 0 bridgehead atoms. The number of rotatable bonds is 1. The molecule has 0 radical (unpaired) electrons. The zero-order chi connectivity index (χ0) is 8.48. The van der Waals surface area contributed by atoms with Crippen molar-refractivity contribution in [2.45, 2.75) is 24.8 Å². The Bertz CT molecular complexity index is 172. The third kappa shape index (κ3) is 1.65. The molecule has 0 aromatic carbocycles. The molecule has 0 unspecified atom stereocenters. The minimum Gasteiger partial charge on any atom is -0.480 e. The van der Waals surface area contributed by atoms with Crippen molar-refractivity contribution >= 4 is 5.97 Å². The van der Waals surface area contributed by atoms with E-state index in [1.54, 1.807) is 0 Å². The van der Waals surface area contributed by atoms with Crippen LogP contribution in [0.2, 0.25) is 0 Å². The fraction of sp³-hybridized carbons (Fsp3) is 0.833. The number of nitrogens with one attached hydrogen (secondary N) is 1. The molecule has 1 rings (SSSR count). The second-order valence-corrected chi connectivity index (χ2v) is 2.59. The summed E-state index contributed by atoms with van der Waals surface area (Å²) in [5, 5.41) is 10.6. The van der Waals surface area contributed by atoms with Crippen LogP contribution in [0.3, 0.4) is 0 Å². The molecular weight excluding hydrogens is 156 g/mol. The highest BCUT2D eigenvalue weighted by molar-refractivity contribution is 5.75. The fourth-order valence-electron chi connectivity index (χ4n) is 1.13. The lowest BCUT2D eigenvalue weighted by atomic mass is 10.0. The Morgan fingerprint density at radius 2 is 2.27 bits per heavy atom. The van der Waals surface area contributed by atoms with Crippen molar-refractivity contribution in [3.8, 4) is 0 Å². The molecule has 1 atom stereocenters. The topological polar surface area (TPSA) is 49.3 Å². The van der Waals surface area contributed by atoms with E-state index in [0.717, 1.165) is 0 Å². The van der Waals surface area contributed by atoms with E-state index in [1.165, 1.54) is 0 Å². The summed E-state index contributed by atoms with van der Waals surface area (Å²) in [5.41, 5.74) is 0. The number of hydrogen-bond donors (Lipinski definition) is 2. The largest absolute Gasteiger partial charge is 0.480 e. The molecule has 0 aliphatic carbocycles. The van der Waals surface area contributed by atoms with E-state index in [1.807, 2.05) is 0 Å². The van der Waals surface area contributed by atoms with Crippen LogP contribution in [0.5, 0.6) is 0 Å². The van der Waals surface area contributed by atoms with Gasteiger partial charge in [0.05, 0.1) is 0 Å². The molecule has 5 heteroatoms. The Balaban J connectivity index is 2.67. The Morgan fingerprint density at radius 3 is 2.64 bits per heavy atom. The predicted molar refractivity (Wildman–Crippen MR) is 33.6 cm³/mol. The first-order valence-corrected chi connectivity index (χ1v) is 3.38. The SMILES string of the molecule is O=C(O)[C@H]1NCCCC1(F)F. The van der Waals surface area contributed by atoms with Gasteiger partial charge in [0.2, 0.25) is 0 Å². The van der Waals surface area contributed by atoms with Gasteiger partial charge in [-0.2, -0.15) is 0 Å². The maximum Gasteiger partial charge on any atom is 0.326 e. The van der Waals surface area contributed by atoms with Gasteiger partial charge >= 0.3 is 5.97 Å². The van der Waals surface area contributed by atoms with Crippen molar-refractivity contribution in [1.82, 2.24) is 5.32 Å². The molecule has 1 saturated heterocycles. The maximum absolute atomic E-state index is 12.7. The molecule has 1 fully saturated rings.